The number of aryl methyl sites for hydroxylation is 2. The van der Waals surface area contributed by atoms with Crippen molar-refractivity contribution in [3.05, 3.63) is 46.3 Å². The van der Waals surface area contributed by atoms with Crippen LogP contribution in [0.2, 0.25) is 0 Å². The van der Waals surface area contributed by atoms with E-state index in [4.69, 9.17) is 5.73 Å². The van der Waals surface area contributed by atoms with Gasteiger partial charge in [0.1, 0.15) is 4.21 Å². The highest BCUT2D eigenvalue weighted by Crippen LogP contribution is 2.23. The number of aliphatic imine (C=N–C) groups is 1. The Bertz CT molecular complexity index is 809. The summed E-state index contributed by atoms with van der Waals surface area (Å²) in [5.74, 6) is 0.412. The van der Waals surface area contributed by atoms with Gasteiger partial charge in [-0.3, -0.25) is 0 Å². The number of halogens is 1. The van der Waals surface area contributed by atoms with Crippen molar-refractivity contribution in [2.75, 3.05) is 11.1 Å². The summed E-state index contributed by atoms with van der Waals surface area (Å²) in [6.07, 6.45) is 0. The van der Waals surface area contributed by atoms with Gasteiger partial charge in [-0.2, -0.15) is 0 Å². The maximum absolute atomic E-state index is 11.8. The van der Waals surface area contributed by atoms with Crippen molar-refractivity contribution in [3.63, 3.8) is 0 Å². The molecule has 1 heterocycles. The van der Waals surface area contributed by atoms with Gasteiger partial charge in [-0.05, 0) is 49.2 Å². The molecule has 5 nitrogen and oxygen atoms in total. The van der Waals surface area contributed by atoms with E-state index in [0.717, 1.165) is 21.7 Å². The van der Waals surface area contributed by atoms with Gasteiger partial charge in [0.25, 0.3) is 0 Å². The summed E-state index contributed by atoms with van der Waals surface area (Å²) >= 11 is 1.24. The number of thiophene rings is 1. The molecule has 0 radical (unpaired) electrons. The second kappa shape index (κ2) is 8.82. The number of hydrogen-bond acceptors (Lipinski definition) is 4. The SMILES string of the molecule is CCS(=O)(=O)c1ccc(CN=C(N)Nc2cc(C)cc(C)c2)s1.I. The molecule has 2 aromatic rings. The maximum Gasteiger partial charge on any atom is 0.193 e. The minimum Gasteiger partial charge on any atom is -0.370 e. The fraction of sp³-hybridized carbons (Fsp3) is 0.312. The average Bonchev–Trinajstić information content (AvgIpc) is 2.93. The number of benzene rings is 1. The summed E-state index contributed by atoms with van der Waals surface area (Å²) in [4.78, 5) is 5.13. The van der Waals surface area contributed by atoms with Gasteiger partial charge in [-0.15, -0.1) is 35.3 Å². The molecule has 0 bridgehead atoms. The number of hydrogen-bond donors (Lipinski definition) is 2. The number of rotatable bonds is 5. The van der Waals surface area contributed by atoms with E-state index in [-0.39, 0.29) is 29.7 Å². The van der Waals surface area contributed by atoms with E-state index in [1.54, 1.807) is 19.1 Å². The third kappa shape index (κ3) is 5.75. The quantitative estimate of drug-likeness (QED) is 0.389. The third-order valence-corrected chi connectivity index (χ3v) is 6.61. The monoisotopic (exact) mass is 479 g/mol. The molecule has 132 valence electrons. The molecular formula is C16H22IN3O2S2. The molecule has 1 aromatic heterocycles. The van der Waals surface area contributed by atoms with Crippen LogP contribution in [0, 0.1) is 13.8 Å². The van der Waals surface area contributed by atoms with Gasteiger partial charge in [0, 0.05) is 10.6 Å². The van der Waals surface area contributed by atoms with Gasteiger partial charge in [-0.25, -0.2) is 13.4 Å². The van der Waals surface area contributed by atoms with E-state index < -0.39 is 9.84 Å². The number of nitrogens with two attached hydrogens (primary N) is 1. The van der Waals surface area contributed by atoms with Gasteiger partial charge < -0.3 is 11.1 Å². The Morgan fingerprint density at radius 3 is 2.42 bits per heavy atom. The molecule has 1 aromatic carbocycles. The lowest BCUT2D eigenvalue weighted by molar-refractivity contribution is 0.599. The van der Waals surface area contributed by atoms with Gasteiger partial charge in [0.05, 0.1) is 12.3 Å². The highest BCUT2D eigenvalue weighted by molar-refractivity contribution is 14.0. The summed E-state index contributed by atoms with van der Waals surface area (Å²) in [5.41, 5.74) is 9.08. The minimum absolute atomic E-state index is 0. The molecule has 3 N–H and O–H groups in total. The van der Waals surface area contributed by atoms with Crippen LogP contribution < -0.4 is 11.1 Å². The lowest BCUT2D eigenvalue weighted by Crippen LogP contribution is -2.22. The van der Waals surface area contributed by atoms with E-state index in [1.807, 2.05) is 26.0 Å². The zero-order chi connectivity index (χ0) is 17.0. The Morgan fingerprint density at radius 2 is 1.83 bits per heavy atom. The Morgan fingerprint density at radius 1 is 1.21 bits per heavy atom. The standard InChI is InChI=1S/C16H21N3O2S2.HI/c1-4-23(20,21)15-6-5-14(22-15)10-18-16(17)19-13-8-11(2)7-12(3)9-13;/h5-9H,4,10H2,1-3H3,(H3,17,18,19);1H. The first-order chi connectivity index (χ1) is 10.8. The Labute approximate surface area is 164 Å². The van der Waals surface area contributed by atoms with Gasteiger partial charge >= 0.3 is 0 Å². The molecule has 0 fully saturated rings. The second-order valence-corrected chi connectivity index (χ2v) is 9.00. The van der Waals surface area contributed by atoms with Crippen LogP contribution in [-0.2, 0) is 16.4 Å². The lowest BCUT2D eigenvalue weighted by Gasteiger charge is -2.07. The molecule has 0 aliphatic heterocycles. The van der Waals surface area contributed by atoms with Crippen molar-refractivity contribution in [1.29, 1.82) is 0 Å². The molecule has 2 rings (SSSR count). The molecule has 0 aliphatic rings. The predicted octanol–water partition coefficient (Wildman–Crippen LogP) is 3.70. The lowest BCUT2D eigenvalue weighted by atomic mass is 10.1. The first-order valence-corrected chi connectivity index (χ1v) is 9.74. The largest absolute Gasteiger partial charge is 0.370 e. The Kier molecular flexibility index (Phi) is 7.68. The predicted molar refractivity (Wildman–Crippen MR) is 112 cm³/mol. The summed E-state index contributed by atoms with van der Waals surface area (Å²) in [6.45, 7) is 6.03. The van der Waals surface area contributed by atoms with Crippen molar-refractivity contribution in [2.45, 2.75) is 31.5 Å². The summed E-state index contributed by atoms with van der Waals surface area (Å²) < 4.78 is 24.0. The van der Waals surface area contributed by atoms with Crippen LogP contribution in [0.3, 0.4) is 0 Å². The van der Waals surface area contributed by atoms with E-state index in [1.165, 1.54) is 11.3 Å². The molecule has 0 atom stereocenters. The highest BCUT2D eigenvalue weighted by atomic mass is 127. The fourth-order valence-corrected chi connectivity index (χ4v) is 4.55. The fourth-order valence-electron chi connectivity index (χ4n) is 2.15. The molecule has 0 spiro atoms. The van der Waals surface area contributed by atoms with Crippen LogP contribution in [0.5, 0.6) is 0 Å². The Hall–Kier alpha value is -1.13. The van der Waals surface area contributed by atoms with Crippen LogP contribution in [-0.4, -0.2) is 20.1 Å². The molecule has 0 saturated heterocycles. The van der Waals surface area contributed by atoms with Crippen LogP contribution in [0.25, 0.3) is 0 Å². The minimum atomic E-state index is -3.15. The summed E-state index contributed by atoms with van der Waals surface area (Å²) in [6, 6.07) is 9.47. The van der Waals surface area contributed by atoms with Crippen molar-refractivity contribution in [2.24, 2.45) is 10.7 Å². The zero-order valence-electron chi connectivity index (χ0n) is 13.9. The number of guanidine groups is 1. The molecule has 24 heavy (non-hydrogen) atoms. The van der Waals surface area contributed by atoms with Crippen molar-refractivity contribution >= 4 is 56.8 Å². The average molecular weight is 479 g/mol. The second-order valence-electron chi connectivity index (χ2n) is 5.33. The first-order valence-electron chi connectivity index (χ1n) is 7.27. The molecular weight excluding hydrogens is 457 g/mol. The zero-order valence-corrected chi connectivity index (χ0v) is 17.8. The normalized spacial score (nSPS) is 11.9. The van der Waals surface area contributed by atoms with Gasteiger partial charge in [-0.1, -0.05) is 13.0 Å². The van der Waals surface area contributed by atoms with E-state index in [9.17, 15) is 8.42 Å². The van der Waals surface area contributed by atoms with Crippen LogP contribution >= 0.6 is 35.3 Å². The van der Waals surface area contributed by atoms with Crippen LogP contribution in [0.1, 0.15) is 22.9 Å². The number of nitrogens with one attached hydrogen (secondary N) is 1. The van der Waals surface area contributed by atoms with Crippen LogP contribution in [0.4, 0.5) is 5.69 Å². The van der Waals surface area contributed by atoms with E-state index in [0.29, 0.717) is 16.7 Å². The van der Waals surface area contributed by atoms with Gasteiger partial charge in [0.15, 0.2) is 15.8 Å². The summed E-state index contributed by atoms with van der Waals surface area (Å²) in [5, 5.41) is 3.06. The highest BCUT2D eigenvalue weighted by Gasteiger charge is 2.14. The number of nitrogens with zero attached hydrogens (tertiary/aromatic N) is 1. The van der Waals surface area contributed by atoms with Crippen LogP contribution in [0.15, 0.2) is 39.5 Å². The van der Waals surface area contributed by atoms with E-state index in [2.05, 4.69) is 16.4 Å². The Balaban J connectivity index is 0.00000288. The smallest absolute Gasteiger partial charge is 0.193 e. The van der Waals surface area contributed by atoms with Gasteiger partial charge in [0.2, 0.25) is 0 Å². The molecule has 0 aliphatic carbocycles. The van der Waals surface area contributed by atoms with Crippen molar-refractivity contribution < 1.29 is 8.42 Å². The number of anilines is 1. The van der Waals surface area contributed by atoms with Crippen molar-refractivity contribution in [1.82, 2.24) is 0 Å². The van der Waals surface area contributed by atoms with Crippen molar-refractivity contribution in [3.8, 4) is 0 Å². The maximum atomic E-state index is 11.8. The molecule has 0 unspecified atom stereocenters. The van der Waals surface area contributed by atoms with E-state index >= 15 is 0 Å². The first kappa shape index (κ1) is 20.9. The topological polar surface area (TPSA) is 84.5 Å². The number of sulfone groups is 1. The molecule has 0 saturated carbocycles. The third-order valence-electron chi connectivity index (χ3n) is 3.22. The molecule has 0 amide bonds. The molecule has 8 heteroatoms. The summed E-state index contributed by atoms with van der Waals surface area (Å²) in [7, 11) is -3.15.